The van der Waals surface area contributed by atoms with Gasteiger partial charge in [0.05, 0.1) is 0 Å². The SMILES string of the molecule is Cl.O=C(CCNC(=O)C1(n2cccn2)CCNCC1)Nc1ccccc1. The summed E-state index contributed by atoms with van der Waals surface area (Å²) >= 11 is 0. The van der Waals surface area contributed by atoms with Crippen LogP contribution in [0, 0.1) is 0 Å². The van der Waals surface area contributed by atoms with Gasteiger partial charge in [-0.3, -0.25) is 14.3 Å². The number of aromatic nitrogens is 2. The second kappa shape index (κ2) is 9.35. The zero-order valence-electron chi connectivity index (χ0n) is 14.5. The molecule has 8 heteroatoms. The number of hydrogen-bond acceptors (Lipinski definition) is 4. The molecule has 0 atom stereocenters. The van der Waals surface area contributed by atoms with Crippen molar-refractivity contribution in [2.75, 3.05) is 25.0 Å². The number of hydrogen-bond donors (Lipinski definition) is 3. The van der Waals surface area contributed by atoms with Gasteiger partial charge in [0.25, 0.3) is 0 Å². The number of piperidine rings is 1. The normalized spacial score (nSPS) is 15.5. The summed E-state index contributed by atoms with van der Waals surface area (Å²) in [6.07, 6.45) is 5.10. The van der Waals surface area contributed by atoms with Crippen LogP contribution in [0.15, 0.2) is 48.8 Å². The van der Waals surface area contributed by atoms with Crippen molar-refractivity contribution >= 4 is 29.9 Å². The maximum atomic E-state index is 12.8. The summed E-state index contributed by atoms with van der Waals surface area (Å²) < 4.78 is 1.74. The lowest BCUT2D eigenvalue weighted by molar-refractivity contribution is -0.132. The Labute approximate surface area is 159 Å². The van der Waals surface area contributed by atoms with E-state index in [-0.39, 0.29) is 30.6 Å². The minimum absolute atomic E-state index is 0. The fourth-order valence-corrected chi connectivity index (χ4v) is 3.12. The van der Waals surface area contributed by atoms with E-state index in [1.54, 1.807) is 10.9 Å². The van der Waals surface area contributed by atoms with E-state index in [4.69, 9.17) is 0 Å². The first-order valence-electron chi connectivity index (χ1n) is 8.55. The molecule has 3 rings (SSSR count). The molecule has 0 spiro atoms. The van der Waals surface area contributed by atoms with Gasteiger partial charge in [0.15, 0.2) is 0 Å². The molecule has 2 aromatic rings. The van der Waals surface area contributed by atoms with Gasteiger partial charge in [-0.05, 0) is 44.1 Å². The van der Waals surface area contributed by atoms with Gasteiger partial charge in [0.1, 0.15) is 5.54 Å². The van der Waals surface area contributed by atoms with Crippen molar-refractivity contribution in [1.29, 1.82) is 0 Å². The van der Waals surface area contributed by atoms with Gasteiger partial charge in [-0.25, -0.2) is 0 Å². The molecule has 0 radical (unpaired) electrons. The van der Waals surface area contributed by atoms with Gasteiger partial charge in [0.2, 0.25) is 11.8 Å². The number of carbonyl (C=O) groups is 2. The zero-order valence-corrected chi connectivity index (χ0v) is 15.3. The van der Waals surface area contributed by atoms with Crippen LogP contribution in [0.1, 0.15) is 19.3 Å². The van der Waals surface area contributed by atoms with E-state index in [1.165, 1.54) is 0 Å². The first-order chi connectivity index (χ1) is 12.2. The molecule has 0 aliphatic carbocycles. The van der Waals surface area contributed by atoms with Crippen LogP contribution >= 0.6 is 12.4 Å². The number of halogens is 1. The van der Waals surface area contributed by atoms with Crippen LogP contribution in [0.25, 0.3) is 0 Å². The minimum atomic E-state index is -0.676. The predicted octanol–water partition coefficient (Wildman–Crippen LogP) is 1.53. The predicted molar refractivity (Wildman–Crippen MR) is 102 cm³/mol. The first-order valence-corrected chi connectivity index (χ1v) is 8.55. The van der Waals surface area contributed by atoms with Gasteiger partial charge in [0, 0.05) is 31.0 Å². The number of anilines is 1. The van der Waals surface area contributed by atoms with E-state index < -0.39 is 5.54 Å². The summed E-state index contributed by atoms with van der Waals surface area (Å²) in [4.78, 5) is 24.8. The quantitative estimate of drug-likeness (QED) is 0.712. The van der Waals surface area contributed by atoms with Crippen LogP contribution in [0.3, 0.4) is 0 Å². The van der Waals surface area contributed by atoms with E-state index in [9.17, 15) is 9.59 Å². The Hall–Kier alpha value is -2.38. The van der Waals surface area contributed by atoms with E-state index >= 15 is 0 Å². The van der Waals surface area contributed by atoms with Gasteiger partial charge in [-0.1, -0.05) is 18.2 Å². The summed E-state index contributed by atoms with van der Waals surface area (Å²) in [5.41, 5.74) is 0.0789. The Morgan fingerprint density at radius 2 is 1.88 bits per heavy atom. The van der Waals surface area contributed by atoms with Gasteiger partial charge >= 0.3 is 0 Å². The standard InChI is InChI=1S/C18H23N5O2.ClH/c24-16(22-15-5-2-1-3-6-15)7-11-20-17(25)18(8-12-19-13-9-18)23-14-4-10-21-23;/h1-6,10,14,19H,7-9,11-13H2,(H,20,25)(H,22,24);1H. The van der Waals surface area contributed by atoms with Crippen molar-refractivity contribution in [2.45, 2.75) is 24.8 Å². The van der Waals surface area contributed by atoms with E-state index in [0.717, 1.165) is 18.8 Å². The summed E-state index contributed by atoms with van der Waals surface area (Å²) in [6, 6.07) is 11.1. The molecule has 2 heterocycles. The van der Waals surface area contributed by atoms with Gasteiger partial charge in [-0.15, -0.1) is 12.4 Å². The molecule has 1 aliphatic heterocycles. The maximum Gasteiger partial charge on any atom is 0.248 e. The molecular weight excluding hydrogens is 354 g/mol. The van der Waals surface area contributed by atoms with Crippen molar-refractivity contribution < 1.29 is 9.59 Å². The Balaban J connectivity index is 0.00000243. The number of para-hydroxylation sites is 1. The summed E-state index contributed by atoms with van der Waals surface area (Å²) in [5.74, 6) is -0.199. The minimum Gasteiger partial charge on any atom is -0.353 e. The molecule has 7 nitrogen and oxygen atoms in total. The topological polar surface area (TPSA) is 88.0 Å². The number of nitrogens with one attached hydrogen (secondary N) is 3. The number of amides is 2. The molecule has 3 N–H and O–H groups in total. The molecule has 0 bridgehead atoms. The van der Waals surface area contributed by atoms with Crippen molar-refractivity contribution in [2.24, 2.45) is 0 Å². The van der Waals surface area contributed by atoms with Crippen LogP contribution < -0.4 is 16.0 Å². The molecule has 1 saturated heterocycles. The van der Waals surface area contributed by atoms with Crippen LogP contribution in [0.2, 0.25) is 0 Å². The van der Waals surface area contributed by atoms with Crippen LogP contribution in [-0.2, 0) is 15.1 Å². The fraction of sp³-hybridized carbons (Fsp3) is 0.389. The lowest BCUT2D eigenvalue weighted by Crippen LogP contribution is -2.54. The average molecular weight is 378 g/mol. The van der Waals surface area contributed by atoms with Crippen molar-refractivity contribution in [3.05, 3.63) is 48.8 Å². The largest absolute Gasteiger partial charge is 0.353 e. The molecule has 1 aliphatic rings. The molecule has 26 heavy (non-hydrogen) atoms. The Bertz CT molecular complexity index is 700. The van der Waals surface area contributed by atoms with Crippen molar-refractivity contribution in [3.63, 3.8) is 0 Å². The monoisotopic (exact) mass is 377 g/mol. The Morgan fingerprint density at radius 3 is 2.54 bits per heavy atom. The van der Waals surface area contributed by atoms with Gasteiger partial charge in [-0.2, -0.15) is 5.10 Å². The van der Waals surface area contributed by atoms with E-state index in [0.29, 0.717) is 19.4 Å². The molecular formula is C18H24ClN5O2. The third kappa shape index (κ3) is 4.62. The summed E-state index contributed by atoms with van der Waals surface area (Å²) in [5, 5.41) is 13.3. The second-order valence-corrected chi connectivity index (χ2v) is 6.15. The summed E-state index contributed by atoms with van der Waals surface area (Å²) in [7, 11) is 0. The highest BCUT2D eigenvalue weighted by Crippen LogP contribution is 2.27. The number of benzene rings is 1. The highest BCUT2D eigenvalue weighted by Gasteiger charge is 2.41. The molecule has 2 amide bonds. The Morgan fingerprint density at radius 1 is 1.15 bits per heavy atom. The Kier molecular flexibility index (Phi) is 7.17. The highest BCUT2D eigenvalue weighted by molar-refractivity contribution is 5.91. The first kappa shape index (κ1) is 19.9. The highest BCUT2D eigenvalue weighted by atomic mass is 35.5. The lowest BCUT2D eigenvalue weighted by atomic mass is 9.87. The summed E-state index contributed by atoms with van der Waals surface area (Å²) in [6.45, 7) is 1.83. The molecule has 1 aromatic heterocycles. The molecule has 140 valence electrons. The van der Waals surface area contributed by atoms with Crippen LogP contribution in [0.5, 0.6) is 0 Å². The van der Waals surface area contributed by atoms with Crippen molar-refractivity contribution in [3.8, 4) is 0 Å². The second-order valence-electron chi connectivity index (χ2n) is 6.15. The zero-order chi connectivity index (χ0) is 17.5. The number of nitrogens with zero attached hydrogens (tertiary/aromatic N) is 2. The molecule has 1 fully saturated rings. The molecule has 0 saturated carbocycles. The van der Waals surface area contributed by atoms with Crippen molar-refractivity contribution in [1.82, 2.24) is 20.4 Å². The number of rotatable bonds is 6. The van der Waals surface area contributed by atoms with E-state index in [2.05, 4.69) is 21.0 Å². The average Bonchev–Trinajstić information content (AvgIpc) is 3.18. The van der Waals surface area contributed by atoms with Gasteiger partial charge < -0.3 is 16.0 Å². The lowest BCUT2D eigenvalue weighted by Gasteiger charge is -2.36. The third-order valence-electron chi connectivity index (χ3n) is 4.49. The van der Waals surface area contributed by atoms with Crippen LogP contribution in [-0.4, -0.2) is 41.2 Å². The van der Waals surface area contributed by atoms with E-state index in [1.807, 2.05) is 42.6 Å². The number of carbonyl (C=O) groups excluding carboxylic acids is 2. The smallest absolute Gasteiger partial charge is 0.248 e. The fourth-order valence-electron chi connectivity index (χ4n) is 3.12. The maximum absolute atomic E-state index is 12.8. The molecule has 0 unspecified atom stereocenters. The third-order valence-corrected chi connectivity index (χ3v) is 4.49. The van der Waals surface area contributed by atoms with Crippen LogP contribution in [0.4, 0.5) is 5.69 Å². The molecule has 1 aromatic carbocycles.